The number of carbonyl (C=O) groups is 1. The summed E-state index contributed by atoms with van der Waals surface area (Å²) < 4.78 is 0. The standard InChI is InChI=1S/C13H17N3O3S/c1-8-12(9-4-6-15(8)7-5-9)14-13(17)10-2-3-11(20-10)16(18)19/h2-3,8-9,12H,4-7H2,1H3,(H,14,17)/t8-,12-/m0/s1/i13-1. The van der Waals surface area contributed by atoms with E-state index in [2.05, 4.69) is 17.1 Å². The van der Waals surface area contributed by atoms with Crippen LogP contribution in [0.1, 0.15) is 29.4 Å². The van der Waals surface area contributed by atoms with Gasteiger partial charge in [0.05, 0.1) is 9.80 Å². The zero-order chi connectivity index (χ0) is 14.3. The highest BCUT2D eigenvalue weighted by molar-refractivity contribution is 7.17. The van der Waals surface area contributed by atoms with Gasteiger partial charge in [-0.05, 0) is 44.8 Å². The fourth-order valence-corrected chi connectivity index (χ4v) is 4.04. The summed E-state index contributed by atoms with van der Waals surface area (Å²) in [4.78, 5) is 25.3. The van der Waals surface area contributed by atoms with Gasteiger partial charge in [-0.1, -0.05) is 11.3 Å². The summed E-state index contributed by atoms with van der Waals surface area (Å²) in [6, 6.07) is 3.43. The number of hydrogen-bond donors (Lipinski definition) is 1. The smallest absolute Gasteiger partial charge is 0.324 e. The lowest BCUT2D eigenvalue weighted by atomic mass is 9.77. The molecule has 1 N–H and O–H groups in total. The highest BCUT2D eigenvalue weighted by Crippen LogP contribution is 2.32. The molecule has 0 spiro atoms. The number of thiophene rings is 1. The van der Waals surface area contributed by atoms with Crippen molar-refractivity contribution >= 4 is 22.2 Å². The zero-order valence-electron chi connectivity index (χ0n) is 11.2. The maximum atomic E-state index is 12.2. The molecule has 1 aromatic heterocycles. The highest BCUT2D eigenvalue weighted by atomic mass is 32.1. The summed E-state index contributed by atoms with van der Waals surface area (Å²) in [7, 11) is 0. The van der Waals surface area contributed by atoms with Gasteiger partial charge in [-0.2, -0.15) is 0 Å². The average Bonchev–Trinajstić information content (AvgIpc) is 2.93. The Balaban J connectivity index is 1.70. The van der Waals surface area contributed by atoms with E-state index in [1.165, 1.54) is 12.1 Å². The number of nitro groups is 1. The molecule has 108 valence electrons. The molecule has 2 atom stereocenters. The Kier molecular flexibility index (Phi) is 3.47. The van der Waals surface area contributed by atoms with Crippen LogP contribution < -0.4 is 5.32 Å². The first-order valence-corrected chi connectivity index (χ1v) is 7.67. The molecule has 7 heteroatoms. The van der Waals surface area contributed by atoms with Gasteiger partial charge in [0.25, 0.3) is 5.91 Å². The van der Waals surface area contributed by atoms with Crippen molar-refractivity contribution in [2.45, 2.75) is 31.8 Å². The number of fused-ring (bicyclic) bond motifs is 3. The van der Waals surface area contributed by atoms with Crippen LogP contribution in [-0.4, -0.2) is 40.9 Å². The van der Waals surface area contributed by atoms with Crippen LogP contribution >= 0.6 is 11.3 Å². The Morgan fingerprint density at radius 1 is 1.45 bits per heavy atom. The van der Waals surface area contributed by atoms with E-state index >= 15 is 0 Å². The van der Waals surface area contributed by atoms with E-state index in [1.54, 1.807) is 0 Å². The van der Waals surface area contributed by atoms with Crippen LogP contribution in [0.4, 0.5) is 5.00 Å². The monoisotopic (exact) mass is 294 g/mol. The van der Waals surface area contributed by atoms with Gasteiger partial charge in [0.2, 0.25) is 0 Å². The molecule has 0 aliphatic carbocycles. The van der Waals surface area contributed by atoms with Crippen molar-refractivity contribution in [2.24, 2.45) is 5.92 Å². The number of rotatable bonds is 3. The first-order chi connectivity index (χ1) is 9.56. The molecule has 4 rings (SSSR count). The molecule has 0 unspecified atom stereocenters. The second-order valence-electron chi connectivity index (χ2n) is 5.51. The summed E-state index contributed by atoms with van der Waals surface area (Å²) >= 11 is 0.934. The third kappa shape index (κ3) is 2.31. The molecule has 3 aliphatic rings. The minimum atomic E-state index is -0.460. The molecule has 2 bridgehead atoms. The van der Waals surface area contributed by atoms with Crippen molar-refractivity contribution in [1.29, 1.82) is 0 Å². The van der Waals surface area contributed by atoms with E-state index in [1.807, 2.05) is 0 Å². The quantitative estimate of drug-likeness (QED) is 0.682. The van der Waals surface area contributed by atoms with E-state index in [0.29, 0.717) is 16.8 Å². The number of carbonyl (C=O) groups excluding carboxylic acids is 1. The van der Waals surface area contributed by atoms with Crippen LogP contribution in [0.5, 0.6) is 0 Å². The lowest BCUT2D eigenvalue weighted by Gasteiger charge is -2.49. The molecule has 3 aliphatic heterocycles. The molecular formula is C13H17N3O3S. The van der Waals surface area contributed by atoms with Crippen LogP contribution in [0, 0.1) is 16.0 Å². The number of nitrogens with zero attached hydrogens (tertiary/aromatic N) is 2. The molecule has 1 amide bonds. The van der Waals surface area contributed by atoms with Crippen molar-refractivity contribution in [1.82, 2.24) is 10.2 Å². The maximum Gasteiger partial charge on any atom is 0.324 e. The molecule has 0 radical (unpaired) electrons. The van der Waals surface area contributed by atoms with Crippen LogP contribution in [0.3, 0.4) is 0 Å². The van der Waals surface area contributed by atoms with Crippen molar-refractivity contribution in [2.75, 3.05) is 13.1 Å². The minimum Gasteiger partial charge on any atom is -0.347 e. The Morgan fingerprint density at radius 3 is 2.70 bits per heavy atom. The fourth-order valence-electron chi connectivity index (χ4n) is 3.32. The normalized spacial score (nSPS) is 32.0. The van der Waals surface area contributed by atoms with Gasteiger partial charge in [0, 0.05) is 18.2 Å². The molecule has 0 aromatic carbocycles. The Morgan fingerprint density at radius 2 is 2.15 bits per heavy atom. The third-order valence-electron chi connectivity index (χ3n) is 4.47. The van der Waals surface area contributed by atoms with Gasteiger partial charge >= 0.3 is 5.00 Å². The lowest BCUT2D eigenvalue weighted by Crippen LogP contribution is -2.62. The van der Waals surface area contributed by atoms with Gasteiger partial charge in [-0.15, -0.1) is 0 Å². The van der Waals surface area contributed by atoms with E-state index in [9.17, 15) is 14.9 Å². The zero-order valence-corrected chi connectivity index (χ0v) is 12.1. The summed E-state index contributed by atoms with van der Waals surface area (Å²) in [5, 5.41) is 13.7. The van der Waals surface area contributed by atoms with Crippen LogP contribution in [0.2, 0.25) is 0 Å². The third-order valence-corrected chi connectivity index (χ3v) is 5.51. The predicted molar refractivity (Wildman–Crippen MR) is 76.0 cm³/mol. The van der Waals surface area contributed by atoms with E-state index in [4.69, 9.17) is 0 Å². The Hall–Kier alpha value is -1.47. The first-order valence-electron chi connectivity index (χ1n) is 6.85. The highest BCUT2D eigenvalue weighted by Gasteiger charge is 2.40. The molecule has 6 nitrogen and oxygen atoms in total. The predicted octanol–water partition coefficient (Wildman–Crippen LogP) is 1.87. The van der Waals surface area contributed by atoms with Crippen molar-refractivity contribution in [3.05, 3.63) is 27.1 Å². The van der Waals surface area contributed by atoms with Gasteiger partial charge in [0.1, 0.15) is 0 Å². The van der Waals surface area contributed by atoms with E-state index in [0.717, 1.165) is 37.3 Å². The van der Waals surface area contributed by atoms with Crippen LogP contribution in [-0.2, 0) is 0 Å². The van der Waals surface area contributed by atoms with Gasteiger partial charge in [0.15, 0.2) is 0 Å². The topological polar surface area (TPSA) is 75.5 Å². The molecule has 0 saturated carbocycles. The number of piperidine rings is 3. The molecule has 3 fully saturated rings. The first kappa shape index (κ1) is 13.5. The number of amides is 1. The van der Waals surface area contributed by atoms with Crippen LogP contribution in [0.25, 0.3) is 0 Å². The SMILES string of the molecule is C[C@H]1[C@H](N[11C](=O)c2ccc([N+](=O)[O-])s2)C2CCN1CC2. The van der Waals surface area contributed by atoms with Crippen LogP contribution in [0.15, 0.2) is 12.1 Å². The summed E-state index contributed by atoms with van der Waals surface area (Å²) in [5.74, 6) is 0.350. The minimum absolute atomic E-state index is 0.0112. The van der Waals surface area contributed by atoms with Crippen molar-refractivity contribution in [3.63, 3.8) is 0 Å². The second kappa shape index (κ2) is 5.14. The Labute approximate surface area is 120 Å². The van der Waals surface area contributed by atoms with Gasteiger partial charge in [-0.25, -0.2) is 0 Å². The van der Waals surface area contributed by atoms with E-state index in [-0.39, 0.29) is 17.0 Å². The molecule has 1 aromatic rings. The second-order valence-corrected chi connectivity index (χ2v) is 6.57. The fraction of sp³-hybridized carbons (Fsp3) is 0.615. The number of hydrogen-bond acceptors (Lipinski definition) is 5. The number of nitrogens with one attached hydrogen (secondary N) is 1. The van der Waals surface area contributed by atoms with Crippen molar-refractivity contribution < 1.29 is 9.72 Å². The molecule has 3 saturated heterocycles. The lowest BCUT2D eigenvalue weighted by molar-refractivity contribution is -0.380. The maximum absolute atomic E-state index is 12.2. The van der Waals surface area contributed by atoms with Gasteiger partial charge < -0.3 is 5.32 Å². The molecule has 4 heterocycles. The molecule has 20 heavy (non-hydrogen) atoms. The largest absolute Gasteiger partial charge is 0.347 e. The van der Waals surface area contributed by atoms with Gasteiger partial charge in [-0.3, -0.25) is 19.8 Å². The average molecular weight is 294 g/mol. The van der Waals surface area contributed by atoms with E-state index < -0.39 is 4.92 Å². The van der Waals surface area contributed by atoms with Crippen molar-refractivity contribution in [3.8, 4) is 0 Å². The Bertz CT molecular complexity index is 535. The summed E-state index contributed by atoms with van der Waals surface area (Å²) in [5.41, 5.74) is 0. The summed E-state index contributed by atoms with van der Waals surface area (Å²) in [6.07, 6.45) is 2.25. The summed E-state index contributed by atoms with van der Waals surface area (Å²) in [6.45, 7) is 4.37. The molecular weight excluding hydrogens is 277 g/mol.